The van der Waals surface area contributed by atoms with Crippen LogP contribution in [-0.4, -0.2) is 15.5 Å². The summed E-state index contributed by atoms with van der Waals surface area (Å²) < 4.78 is 1.47. The Bertz CT molecular complexity index is 1170. The molecule has 2 aromatic heterocycles. The summed E-state index contributed by atoms with van der Waals surface area (Å²) in [6.45, 7) is 10.7. The third kappa shape index (κ3) is 4.18. The van der Waals surface area contributed by atoms with Gasteiger partial charge in [0.25, 0.3) is 5.56 Å². The number of carbonyl (C=O) groups excluding carboxylic acids is 1. The highest BCUT2D eigenvalue weighted by molar-refractivity contribution is 7.18. The number of hydrogen-bond donors (Lipinski definition) is 1. The maximum Gasteiger partial charge on any atom is 0.263 e. The molecule has 2 heterocycles. The zero-order valence-electron chi connectivity index (χ0n) is 19.0. The standard InChI is InChI=1S/C25H31N3O2S/c1-6-16-7-10-18(11-8-16)27-22(29)15(2)28-14-26-23-21(24(28)30)19-12-9-17(25(3,4)5)13-20(19)31-23/h7-8,10-11,14-15,17H,6,9,12-13H2,1-5H3,(H,27,29). The van der Waals surface area contributed by atoms with Gasteiger partial charge in [0.1, 0.15) is 10.9 Å². The molecule has 2 unspecified atom stereocenters. The van der Waals surface area contributed by atoms with Gasteiger partial charge in [0, 0.05) is 10.6 Å². The molecule has 3 aromatic rings. The van der Waals surface area contributed by atoms with Crippen molar-refractivity contribution in [2.75, 3.05) is 5.32 Å². The van der Waals surface area contributed by atoms with E-state index in [1.807, 2.05) is 24.3 Å². The lowest BCUT2D eigenvalue weighted by Crippen LogP contribution is -2.32. The van der Waals surface area contributed by atoms with Gasteiger partial charge in [0.2, 0.25) is 5.91 Å². The van der Waals surface area contributed by atoms with Crippen LogP contribution in [-0.2, 0) is 24.1 Å². The summed E-state index contributed by atoms with van der Waals surface area (Å²) in [6, 6.07) is 7.16. The van der Waals surface area contributed by atoms with E-state index in [-0.39, 0.29) is 16.9 Å². The number of anilines is 1. The highest BCUT2D eigenvalue weighted by Gasteiger charge is 2.32. The quantitative estimate of drug-likeness (QED) is 0.597. The fraction of sp³-hybridized carbons (Fsp3) is 0.480. The van der Waals surface area contributed by atoms with Crippen molar-refractivity contribution in [2.24, 2.45) is 11.3 Å². The number of carbonyl (C=O) groups is 1. The molecular formula is C25H31N3O2S. The average Bonchev–Trinajstić information content (AvgIpc) is 3.12. The van der Waals surface area contributed by atoms with Crippen LogP contribution < -0.4 is 10.9 Å². The Kier molecular flexibility index (Phi) is 5.77. The third-order valence-electron chi connectivity index (χ3n) is 6.65. The minimum Gasteiger partial charge on any atom is -0.324 e. The number of aromatic nitrogens is 2. The minimum absolute atomic E-state index is 0.110. The van der Waals surface area contributed by atoms with Crippen molar-refractivity contribution in [2.45, 2.75) is 66.3 Å². The van der Waals surface area contributed by atoms with Gasteiger partial charge in [-0.25, -0.2) is 4.98 Å². The molecule has 1 aliphatic rings. The van der Waals surface area contributed by atoms with Crippen LogP contribution in [0.3, 0.4) is 0 Å². The minimum atomic E-state index is -0.642. The molecule has 1 amide bonds. The molecule has 164 valence electrons. The van der Waals surface area contributed by atoms with E-state index < -0.39 is 6.04 Å². The van der Waals surface area contributed by atoms with Crippen molar-refractivity contribution in [3.05, 3.63) is 57.0 Å². The highest BCUT2D eigenvalue weighted by atomic mass is 32.1. The molecule has 2 atom stereocenters. The highest BCUT2D eigenvalue weighted by Crippen LogP contribution is 2.42. The maximum absolute atomic E-state index is 13.4. The van der Waals surface area contributed by atoms with Gasteiger partial charge in [-0.1, -0.05) is 39.8 Å². The van der Waals surface area contributed by atoms with Crippen LogP contribution in [0, 0.1) is 11.3 Å². The summed E-state index contributed by atoms with van der Waals surface area (Å²) in [5.41, 5.74) is 3.24. The van der Waals surface area contributed by atoms with E-state index in [0.29, 0.717) is 11.3 Å². The molecule has 0 spiro atoms. The van der Waals surface area contributed by atoms with Gasteiger partial charge in [0.05, 0.1) is 11.7 Å². The van der Waals surface area contributed by atoms with E-state index in [0.717, 1.165) is 41.8 Å². The number of nitrogens with zero attached hydrogens (tertiary/aromatic N) is 2. The number of rotatable bonds is 4. The van der Waals surface area contributed by atoms with Crippen molar-refractivity contribution >= 4 is 33.1 Å². The molecule has 1 aliphatic carbocycles. The molecule has 6 heteroatoms. The molecule has 0 aliphatic heterocycles. The molecule has 0 saturated heterocycles. The Morgan fingerprint density at radius 2 is 2.00 bits per heavy atom. The van der Waals surface area contributed by atoms with Crippen LogP contribution in [0.15, 0.2) is 35.4 Å². The fourth-order valence-electron chi connectivity index (χ4n) is 4.39. The van der Waals surface area contributed by atoms with Gasteiger partial charge in [-0.15, -0.1) is 11.3 Å². The topological polar surface area (TPSA) is 64.0 Å². The number of aryl methyl sites for hydroxylation is 2. The molecule has 0 bridgehead atoms. The number of hydrogen-bond acceptors (Lipinski definition) is 4. The molecule has 31 heavy (non-hydrogen) atoms. The van der Waals surface area contributed by atoms with Crippen molar-refractivity contribution < 1.29 is 4.79 Å². The number of nitrogens with one attached hydrogen (secondary N) is 1. The smallest absolute Gasteiger partial charge is 0.263 e. The van der Waals surface area contributed by atoms with Crippen LogP contribution in [0.25, 0.3) is 10.2 Å². The molecule has 5 nitrogen and oxygen atoms in total. The molecule has 1 N–H and O–H groups in total. The van der Waals surface area contributed by atoms with Crippen molar-refractivity contribution in [1.29, 1.82) is 0 Å². The second kappa shape index (κ2) is 8.23. The van der Waals surface area contributed by atoms with Crippen LogP contribution in [0.5, 0.6) is 0 Å². The first kappa shape index (κ1) is 21.8. The lowest BCUT2D eigenvalue weighted by Gasteiger charge is -2.33. The van der Waals surface area contributed by atoms with Crippen LogP contribution in [0.4, 0.5) is 5.69 Å². The Morgan fingerprint density at radius 3 is 2.65 bits per heavy atom. The van der Waals surface area contributed by atoms with Gasteiger partial charge in [0.15, 0.2) is 0 Å². The summed E-state index contributed by atoms with van der Waals surface area (Å²) in [7, 11) is 0. The van der Waals surface area contributed by atoms with Gasteiger partial charge in [-0.3, -0.25) is 14.2 Å². The van der Waals surface area contributed by atoms with Gasteiger partial charge >= 0.3 is 0 Å². The second-order valence-corrected chi connectivity index (χ2v) is 10.7. The maximum atomic E-state index is 13.4. The van der Waals surface area contributed by atoms with Crippen LogP contribution in [0.1, 0.15) is 63.1 Å². The van der Waals surface area contributed by atoms with Gasteiger partial charge in [-0.2, -0.15) is 0 Å². The summed E-state index contributed by atoms with van der Waals surface area (Å²) in [6.07, 6.45) is 5.47. The van der Waals surface area contributed by atoms with Crippen molar-refractivity contribution in [3.8, 4) is 0 Å². The molecular weight excluding hydrogens is 406 g/mol. The molecule has 4 rings (SSSR count). The monoisotopic (exact) mass is 437 g/mol. The summed E-state index contributed by atoms with van der Waals surface area (Å²) >= 11 is 1.64. The van der Waals surface area contributed by atoms with E-state index >= 15 is 0 Å². The first-order valence-corrected chi connectivity index (χ1v) is 11.9. The summed E-state index contributed by atoms with van der Waals surface area (Å²) in [5.74, 6) is 0.392. The van der Waals surface area contributed by atoms with Crippen molar-refractivity contribution in [1.82, 2.24) is 9.55 Å². The predicted octanol–water partition coefficient (Wildman–Crippen LogP) is 5.37. The van der Waals surface area contributed by atoms with Gasteiger partial charge in [-0.05, 0) is 67.2 Å². The second-order valence-electron chi connectivity index (χ2n) is 9.66. The third-order valence-corrected chi connectivity index (χ3v) is 7.81. The summed E-state index contributed by atoms with van der Waals surface area (Å²) in [5, 5.41) is 3.63. The van der Waals surface area contributed by atoms with Crippen molar-refractivity contribution in [3.63, 3.8) is 0 Å². The van der Waals surface area contributed by atoms with Crippen LogP contribution in [0.2, 0.25) is 0 Å². The Morgan fingerprint density at radius 1 is 1.29 bits per heavy atom. The van der Waals surface area contributed by atoms with E-state index in [2.05, 4.69) is 38.0 Å². The van der Waals surface area contributed by atoms with Crippen LogP contribution >= 0.6 is 11.3 Å². The molecule has 0 fully saturated rings. The normalized spacial score (nSPS) is 17.4. The van der Waals surface area contributed by atoms with E-state index in [1.54, 1.807) is 18.3 Å². The molecule has 0 saturated carbocycles. The summed E-state index contributed by atoms with van der Waals surface area (Å²) in [4.78, 5) is 32.9. The Labute approximate surface area is 187 Å². The number of amides is 1. The molecule has 1 aromatic carbocycles. The largest absolute Gasteiger partial charge is 0.324 e. The lowest BCUT2D eigenvalue weighted by atomic mass is 9.72. The van der Waals surface area contributed by atoms with Gasteiger partial charge < -0.3 is 5.32 Å². The fourth-order valence-corrected chi connectivity index (χ4v) is 5.65. The van der Waals surface area contributed by atoms with E-state index in [9.17, 15) is 9.59 Å². The van der Waals surface area contributed by atoms with E-state index in [1.165, 1.54) is 21.3 Å². The zero-order valence-corrected chi connectivity index (χ0v) is 19.8. The average molecular weight is 438 g/mol. The number of benzene rings is 1. The number of fused-ring (bicyclic) bond motifs is 3. The number of thiophene rings is 1. The first-order chi connectivity index (χ1) is 14.7. The Hall–Kier alpha value is -2.47. The molecule has 0 radical (unpaired) electrons. The van der Waals surface area contributed by atoms with E-state index in [4.69, 9.17) is 0 Å². The first-order valence-electron chi connectivity index (χ1n) is 11.1. The predicted molar refractivity (Wildman–Crippen MR) is 128 cm³/mol. The zero-order chi connectivity index (χ0) is 22.3. The Balaban J connectivity index is 1.62. The SMILES string of the molecule is CCc1ccc(NC(=O)C(C)n2cnc3sc4c(c3c2=O)CCC(C(C)(C)C)C4)cc1. The lowest BCUT2D eigenvalue weighted by molar-refractivity contribution is -0.118.